The predicted octanol–water partition coefficient (Wildman–Crippen LogP) is 1.47. The third-order valence-corrected chi connectivity index (χ3v) is 9.40. The molecular weight excluding hydrogens is 326 g/mol. The number of nitrogens with zero attached hydrogens (tertiary/aromatic N) is 1. The van der Waals surface area contributed by atoms with Crippen LogP contribution in [0.3, 0.4) is 0 Å². The Kier molecular flexibility index (Phi) is 4.81. The maximum Gasteiger partial charge on any atom is 0.287 e. The van der Waals surface area contributed by atoms with E-state index in [1.54, 1.807) is 4.08 Å². The van der Waals surface area contributed by atoms with E-state index in [-0.39, 0.29) is 5.54 Å². The topological polar surface area (TPSA) is 153 Å². The van der Waals surface area contributed by atoms with Gasteiger partial charge in [0.15, 0.2) is 0 Å². The van der Waals surface area contributed by atoms with Crippen LogP contribution in [0.15, 0.2) is 0 Å². The highest BCUT2D eigenvalue weighted by atomic mass is 33.1. The first-order valence-electron chi connectivity index (χ1n) is 5.88. The molecular formula is C7H20N6O2P2S2. The Morgan fingerprint density at radius 3 is 2.11 bits per heavy atom. The van der Waals surface area contributed by atoms with E-state index in [1.807, 2.05) is 0 Å². The molecule has 0 atom stereocenters. The van der Waals surface area contributed by atoms with E-state index < -0.39 is 15.2 Å². The molecule has 2 aliphatic rings. The van der Waals surface area contributed by atoms with Gasteiger partial charge in [0.1, 0.15) is 0 Å². The van der Waals surface area contributed by atoms with Gasteiger partial charge < -0.3 is 0 Å². The molecule has 8 nitrogen and oxygen atoms in total. The van der Waals surface area contributed by atoms with E-state index in [1.165, 1.54) is 0 Å². The van der Waals surface area contributed by atoms with E-state index in [4.69, 9.17) is 22.0 Å². The van der Waals surface area contributed by atoms with Crippen molar-refractivity contribution in [1.82, 2.24) is 8.57 Å². The van der Waals surface area contributed by atoms with Crippen molar-refractivity contribution in [3.8, 4) is 0 Å². The molecule has 2 fully saturated rings. The normalized spacial score (nSPS) is 31.3. The smallest absolute Gasteiger partial charge is 0.271 e. The Balaban J connectivity index is 2.05. The first-order chi connectivity index (χ1) is 8.62. The molecule has 2 bridgehead atoms. The van der Waals surface area contributed by atoms with E-state index >= 15 is 0 Å². The monoisotopic (exact) mass is 346 g/mol. The number of nitrogens with two attached hydrogens (primary N) is 4. The fraction of sp³-hybridized carbons (Fsp3) is 1.00. The van der Waals surface area contributed by atoms with E-state index in [0.717, 1.165) is 54.1 Å². The van der Waals surface area contributed by atoms with Crippen LogP contribution in [-0.2, 0) is 9.13 Å². The van der Waals surface area contributed by atoms with Crippen LogP contribution in [-0.4, -0.2) is 9.61 Å². The van der Waals surface area contributed by atoms with Gasteiger partial charge in [-0.3, -0.25) is 31.1 Å². The molecule has 0 aromatic heterocycles. The summed E-state index contributed by atoms with van der Waals surface area (Å²) in [6.07, 6.45) is 5.06. The molecule has 0 heterocycles. The highest BCUT2D eigenvalue weighted by Gasteiger charge is 2.53. The Bertz CT molecular complexity index is 431. The molecule has 0 spiro atoms. The van der Waals surface area contributed by atoms with Gasteiger partial charge in [-0.25, -0.2) is 0 Å². The van der Waals surface area contributed by atoms with Gasteiger partial charge in [0.25, 0.3) is 15.2 Å². The van der Waals surface area contributed by atoms with Crippen molar-refractivity contribution in [2.75, 3.05) is 0 Å². The van der Waals surface area contributed by atoms with Gasteiger partial charge in [0.2, 0.25) is 0 Å². The Morgan fingerprint density at radius 2 is 1.74 bits per heavy atom. The molecule has 0 saturated heterocycles. The second kappa shape index (κ2) is 5.61. The molecule has 12 heteroatoms. The molecule has 112 valence electrons. The van der Waals surface area contributed by atoms with Gasteiger partial charge in [-0.05, 0) is 38.0 Å². The zero-order valence-corrected chi connectivity index (χ0v) is 13.8. The summed E-state index contributed by atoms with van der Waals surface area (Å²) in [7, 11) is -4.67. The van der Waals surface area contributed by atoms with Crippen LogP contribution < -0.4 is 26.5 Å². The van der Waals surface area contributed by atoms with Crippen LogP contribution in [0.4, 0.5) is 0 Å². The average Bonchev–Trinajstić information content (AvgIpc) is 2.81. The van der Waals surface area contributed by atoms with Gasteiger partial charge in [-0.2, -0.15) is 8.57 Å². The van der Waals surface area contributed by atoms with Crippen molar-refractivity contribution >= 4 is 37.1 Å². The molecule has 19 heavy (non-hydrogen) atoms. The van der Waals surface area contributed by atoms with Crippen LogP contribution in [0.25, 0.3) is 0 Å². The first-order valence-corrected chi connectivity index (χ1v) is 11.6. The summed E-state index contributed by atoms with van der Waals surface area (Å²) in [4.78, 5) is 0. The first kappa shape index (κ1) is 16.3. The minimum Gasteiger partial charge on any atom is -0.271 e. The number of hydrogen-bond acceptors (Lipinski definition) is 4. The third kappa shape index (κ3) is 3.97. The highest BCUT2D eigenvalue weighted by Crippen LogP contribution is 2.61. The van der Waals surface area contributed by atoms with Gasteiger partial charge in [-0.15, -0.1) is 0 Å². The summed E-state index contributed by atoms with van der Waals surface area (Å²) in [6.45, 7) is 0. The third-order valence-electron chi connectivity index (χ3n) is 3.68. The largest absolute Gasteiger partial charge is 0.287 e. The fourth-order valence-electron chi connectivity index (χ4n) is 3.00. The van der Waals surface area contributed by atoms with Crippen LogP contribution in [0.5, 0.6) is 0 Å². The zero-order valence-electron chi connectivity index (χ0n) is 10.4. The summed E-state index contributed by atoms with van der Waals surface area (Å²) < 4.78 is 27.3. The van der Waals surface area contributed by atoms with Crippen LogP contribution in [0, 0.1) is 5.92 Å². The molecule has 0 aromatic rings. The standard InChI is InChI=1S/C7H20N6O2P2S2/c8-16(9,14)12-18-19-13(17(10,11)15)7-3-1-6(5-7)2-4-7/h6H,1-5H2,(H4,10,11,15)(H5,8,9,12,14). The molecule has 0 amide bonds. The van der Waals surface area contributed by atoms with Crippen LogP contribution in [0.2, 0.25) is 0 Å². The lowest BCUT2D eigenvalue weighted by Crippen LogP contribution is -2.42. The lowest BCUT2D eigenvalue weighted by atomic mass is 9.95. The Labute approximate surface area is 120 Å². The van der Waals surface area contributed by atoms with Crippen molar-refractivity contribution in [1.29, 1.82) is 0 Å². The minimum absolute atomic E-state index is 0.212. The molecule has 0 radical (unpaired) electrons. The number of rotatable bonds is 6. The van der Waals surface area contributed by atoms with Gasteiger partial charge in [0.05, 0.1) is 0 Å². The van der Waals surface area contributed by atoms with E-state index in [9.17, 15) is 9.13 Å². The summed E-state index contributed by atoms with van der Waals surface area (Å²) in [5.74, 6) is 0.669. The maximum absolute atomic E-state index is 12.1. The van der Waals surface area contributed by atoms with Crippen molar-refractivity contribution in [3.05, 3.63) is 0 Å². The minimum atomic E-state index is -3.40. The second-order valence-electron chi connectivity index (χ2n) is 5.28. The summed E-state index contributed by atoms with van der Waals surface area (Å²) in [5.41, 5.74) is 21.5. The summed E-state index contributed by atoms with van der Waals surface area (Å²) in [6, 6.07) is 0. The van der Waals surface area contributed by atoms with Crippen molar-refractivity contribution in [2.45, 2.75) is 37.6 Å². The molecule has 9 N–H and O–H groups in total. The van der Waals surface area contributed by atoms with Crippen molar-refractivity contribution < 1.29 is 9.13 Å². The van der Waals surface area contributed by atoms with Crippen LogP contribution >= 0.6 is 37.1 Å². The van der Waals surface area contributed by atoms with E-state index in [2.05, 4.69) is 4.49 Å². The predicted molar refractivity (Wildman–Crippen MR) is 81.4 cm³/mol. The zero-order chi connectivity index (χ0) is 14.3. The summed E-state index contributed by atoms with van der Waals surface area (Å²) >= 11 is 0. The Hall–Kier alpha value is 0.920. The lowest BCUT2D eigenvalue weighted by Gasteiger charge is -2.39. The van der Waals surface area contributed by atoms with Crippen LogP contribution in [0.1, 0.15) is 32.1 Å². The highest BCUT2D eigenvalue weighted by molar-refractivity contribution is 8.76. The number of fused-ring (bicyclic) bond motifs is 2. The van der Waals surface area contributed by atoms with Crippen molar-refractivity contribution in [2.24, 2.45) is 27.9 Å². The van der Waals surface area contributed by atoms with Gasteiger partial charge >= 0.3 is 0 Å². The maximum atomic E-state index is 12.1. The molecule has 2 saturated carbocycles. The number of hydrogen-bond donors (Lipinski definition) is 5. The average molecular weight is 346 g/mol. The quantitative estimate of drug-likeness (QED) is 0.271. The molecule has 0 aromatic carbocycles. The number of nitrogens with one attached hydrogen (secondary N) is 1. The molecule has 2 rings (SSSR count). The molecule has 2 aliphatic carbocycles. The second-order valence-corrected chi connectivity index (χ2v) is 11.1. The lowest BCUT2D eigenvalue weighted by molar-refractivity contribution is 0.291. The molecule has 0 unspecified atom stereocenters. The molecule has 0 aliphatic heterocycles. The summed E-state index contributed by atoms with van der Waals surface area (Å²) in [5, 5.41) is 0. The fourth-order valence-corrected chi connectivity index (χ4v) is 8.72. The Morgan fingerprint density at radius 1 is 1.16 bits per heavy atom. The SMILES string of the molecule is NP(N)(=O)NSSN(C12CCC(CC1)C2)P(N)(N)=O. The van der Waals surface area contributed by atoms with Gasteiger partial charge in [0, 0.05) is 27.5 Å². The van der Waals surface area contributed by atoms with Crippen molar-refractivity contribution in [3.63, 3.8) is 0 Å². The van der Waals surface area contributed by atoms with E-state index in [0.29, 0.717) is 5.92 Å². The van der Waals surface area contributed by atoms with Gasteiger partial charge in [-0.1, -0.05) is 0 Å².